The third-order valence-corrected chi connectivity index (χ3v) is 2.57. The molecule has 0 radical (unpaired) electrons. The van der Waals surface area contributed by atoms with E-state index < -0.39 is 5.91 Å². The van der Waals surface area contributed by atoms with Crippen LogP contribution in [0.3, 0.4) is 0 Å². The van der Waals surface area contributed by atoms with Gasteiger partial charge in [0.05, 0.1) is 11.8 Å². The van der Waals surface area contributed by atoms with Crippen LogP contribution >= 0.6 is 0 Å². The van der Waals surface area contributed by atoms with Gasteiger partial charge in [-0.05, 0) is 32.0 Å². The van der Waals surface area contributed by atoms with Crippen LogP contribution in [-0.2, 0) is 0 Å². The molecule has 0 saturated carbocycles. The number of amides is 1. The number of ether oxygens (including phenoxy) is 1. The summed E-state index contributed by atoms with van der Waals surface area (Å²) in [6.45, 7) is 3.95. The lowest BCUT2D eigenvalue weighted by Crippen LogP contribution is -2.10. The van der Waals surface area contributed by atoms with Crippen LogP contribution in [0.5, 0.6) is 5.75 Å². The Balaban J connectivity index is 2.28. The molecule has 0 saturated heterocycles. The minimum atomic E-state index is -0.434. The van der Waals surface area contributed by atoms with Gasteiger partial charge in [0, 0.05) is 23.4 Å². The Bertz CT molecular complexity index is 577. The number of carbonyl (C=O) groups excluding carboxylic acids is 1. The number of hydrogen-bond acceptors (Lipinski definition) is 3. The molecule has 0 aliphatic carbocycles. The second kappa shape index (κ2) is 5.52. The fraction of sp³-hybridized carbons (Fsp3) is 0.200. The SMILES string of the molecule is CC(C)Oc1ccnc(-c2ccc(C(N)=O)cc2)c1. The molecule has 1 aromatic heterocycles. The molecule has 0 aliphatic heterocycles. The Morgan fingerprint density at radius 2 is 1.89 bits per heavy atom. The molecule has 2 aromatic rings. The lowest BCUT2D eigenvalue weighted by atomic mass is 10.1. The molecule has 2 rings (SSSR count). The van der Waals surface area contributed by atoms with E-state index in [1.54, 1.807) is 18.3 Å². The number of primary amides is 1. The average molecular weight is 256 g/mol. The van der Waals surface area contributed by atoms with Crippen molar-refractivity contribution in [2.45, 2.75) is 20.0 Å². The van der Waals surface area contributed by atoms with E-state index in [-0.39, 0.29) is 6.10 Å². The van der Waals surface area contributed by atoms with Crippen LogP contribution in [0.15, 0.2) is 42.6 Å². The topological polar surface area (TPSA) is 65.2 Å². The monoisotopic (exact) mass is 256 g/mol. The minimum Gasteiger partial charge on any atom is -0.491 e. The number of nitrogens with two attached hydrogens (primary N) is 1. The summed E-state index contributed by atoms with van der Waals surface area (Å²) in [6.07, 6.45) is 1.82. The maximum Gasteiger partial charge on any atom is 0.248 e. The zero-order chi connectivity index (χ0) is 13.8. The van der Waals surface area contributed by atoms with Crippen molar-refractivity contribution < 1.29 is 9.53 Å². The zero-order valence-electron chi connectivity index (χ0n) is 11.0. The van der Waals surface area contributed by atoms with Gasteiger partial charge in [0.25, 0.3) is 0 Å². The molecular formula is C15H16N2O2. The third kappa shape index (κ3) is 3.31. The van der Waals surface area contributed by atoms with Gasteiger partial charge in [-0.1, -0.05) is 12.1 Å². The van der Waals surface area contributed by atoms with Crippen LogP contribution in [0, 0.1) is 0 Å². The summed E-state index contributed by atoms with van der Waals surface area (Å²) in [5.74, 6) is 0.343. The van der Waals surface area contributed by atoms with Gasteiger partial charge in [-0.3, -0.25) is 9.78 Å². The van der Waals surface area contributed by atoms with Crippen LogP contribution < -0.4 is 10.5 Å². The highest BCUT2D eigenvalue weighted by molar-refractivity contribution is 5.93. The Hall–Kier alpha value is -2.36. The molecular weight excluding hydrogens is 240 g/mol. The summed E-state index contributed by atoms with van der Waals surface area (Å²) >= 11 is 0. The van der Waals surface area contributed by atoms with Crippen LogP contribution in [0.25, 0.3) is 11.3 Å². The Morgan fingerprint density at radius 3 is 2.47 bits per heavy atom. The summed E-state index contributed by atoms with van der Waals surface area (Å²) in [6, 6.07) is 10.7. The van der Waals surface area contributed by atoms with E-state index in [0.717, 1.165) is 17.0 Å². The van der Waals surface area contributed by atoms with E-state index in [9.17, 15) is 4.79 Å². The second-order valence-electron chi connectivity index (χ2n) is 4.48. The molecule has 0 bridgehead atoms. The van der Waals surface area contributed by atoms with Crippen molar-refractivity contribution in [3.63, 3.8) is 0 Å². The minimum absolute atomic E-state index is 0.118. The van der Waals surface area contributed by atoms with Crippen molar-refractivity contribution in [2.75, 3.05) is 0 Å². The van der Waals surface area contributed by atoms with Crippen molar-refractivity contribution >= 4 is 5.91 Å². The molecule has 0 spiro atoms. The van der Waals surface area contributed by atoms with E-state index >= 15 is 0 Å². The molecule has 0 unspecified atom stereocenters. The molecule has 4 nitrogen and oxygen atoms in total. The van der Waals surface area contributed by atoms with Gasteiger partial charge in [-0.2, -0.15) is 0 Å². The first-order valence-corrected chi connectivity index (χ1v) is 6.09. The predicted octanol–water partition coefficient (Wildman–Crippen LogP) is 2.63. The first-order chi connectivity index (χ1) is 9.06. The van der Waals surface area contributed by atoms with Gasteiger partial charge in [0.2, 0.25) is 5.91 Å². The van der Waals surface area contributed by atoms with Gasteiger partial charge in [-0.25, -0.2) is 0 Å². The van der Waals surface area contributed by atoms with E-state index in [4.69, 9.17) is 10.5 Å². The number of hydrogen-bond donors (Lipinski definition) is 1. The standard InChI is InChI=1S/C15H16N2O2/c1-10(2)19-13-7-8-17-14(9-13)11-3-5-12(6-4-11)15(16)18/h3-10H,1-2H3,(H2,16,18). The molecule has 0 aliphatic rings. The number of carbonyl (C=O) groups is 1. The van der Waals surface area contributed by atoms with E-state index in [2.05, 4.69) is 4.98 Å². The van der Waals surface area contributed by atoms with Crippen molar-refractivity contribution in [1.29, 1.82) is 0 Å². The van der Waals surface area contributed by atoms with Crippen molar-refractivity contribution in [3.05, 3.63) is 48.2 Å². The normalized spacial score (nSPS) is 10.5. The third-order valence-electron chi connectivity index (χ3n) is 2.57. The largest absolute Gasteiger partial charge is 0.491 e. The molecule has 19 heavy (non-hydrogen) atoms. The summed E-state index contributed by atoms with van der Waals surface area (Å²) in [5, 5.41) is 0. The number of nitrogens with zero attached hydrogens (tertiary/aromatic N) is 1. The summed E-state index contributed by atoms with van der Waals surface area (Å²) in [5.41, 5.74) is 7.41. The zero-order valence-corrected chi connectivity index (χ0v) is 11.0. The van der Waals surface area contributed by atoms with Gasteiger partial charge in [-0.15, -0.1) is 0 Å². The maximum atomic E-state index is 11.0. The van der Waals surface area contributed by atoms with Crippen LogP contribution in [0.2, 0.25) is 0 Å². The molecule has 1 heterocycles. The average Bonchev–Trinajstić information content (AvgIpc) is 2.38. The van der Waals surface area contributed by atoms with Crippen molar-refractivity contribution in [3.8, 4) is 17.0 Å². The maximum absolute atomic E-state index is 11.0. The summed E-state index contributed by atoms with van der Waals surface area (Å²) in [4.78, 5) is 15.3. The van der Waals surface area contributed by atoms with E-state index in [0.29, 0.717) is 5.56 Å². The van der Waals surface area contributed by atoms with Crippen LogP contribution in [-0.4, -0.2) is 17.0 Å². The number of rotatable bonds is 4. The molecule has 0 fully saturated rings. The van der Waals surface area contributed by atoms with Gasteiger partial charge in [0.15, 0.2) is 0 Å². The first-order valence-electron chi connectivity index (χ1n) is 6.09. The van der Waals surface area contributed by atoms with E-state index in [1.807, 2.05) is 38.1 Å². The highest BCUT2D eigenvalue weighted by Gasteiger charge is 2.05. The molecule has 4 heteroatoms. The molecule has 2 N–H and O–H groups in total. The quantitative estimate of drug-likeness (QED) is 0.914. The molecule has 1 aromatic carbocycles. The summed E-state index contributed by atoms with van der Waals surface area (Å²) in [7, 11) is 0. The smallest absolute Gasteiger partial charge is 0.248 e. The predicted molar refractivity (Wildman–Crippen MR) is 74.0 cm³/mol. The number of pyridine rings is 1. The van der Waals surface area contributed by atoms with Gasteiger partial charge < -0.3 is 10.5 Å². The lowest BCUT2D eigenvalue weighted by Gasteiger charge is -2.10. The Morgan fingerprint density at radius 1 is 1.21 bits per heavy atom. The van der Waals surface area contributed by atoms with Crippen molar-refractivity contribution in [1.82, 2.24) is 4.98 Å². The van der Waals surface area contributed by atoms with Gasteiger partial charge >= 0.3 is 0 Å². The lowest BCUT2D eigenvalue weighted by molar-refractivity contribution is 0.100. The highest BCUT2D eigenvalue weighted by Crippen LogP contribution is 2.22. The van der Waals surface area contributed by atoms with E-state index in [1.165, 1.54) is 0 Å². The van der Waals surface area contributed by atoms with Crippen LogP contribution in [0.4, 0.5) is 0 Å². The highest BCUT2D eigenvalue weighted by atomic mass is 16.5. The fourth-order valence-corrected chi connectivity index (χ4v) is 1.72. The second-order valence-corrected chi connectivity index (χ2v) is 4.48. The fourth-order valence-electron chi connectivity index (χ4n) is 1.72. The Kier molecular flexibility index (Phi) is 3.80. The molecule has 1 amide bonds. The molecule has 98 valence electrons. The Labute approximate surface area is 112 Å². The summed E-state index contributed by atoms with van der Waals surface area (Å²) < 4.78 is 5.62. The number of benzene rings is 1. The van der Waals surface area contributed by atoms with Crippen LogP contribution in [0.1, 0.15) is 24.2 Å². The molecule has 0 atom stereocenters. The van der Waals surface area contributed by atoms with Crippen molar-refractivity contribution in [2.24, 2.45) is 5.73 Å². The van der Waals surface area contributed by atoms with Gasteiger partial charge in [0.1, 0.15) is 5.75 Å². The number of aromatic nitrogens is 1. The first kappa shape index (κ1) is 13.1.